The van der Waals surface area contributed by atoms with Crippen molar-refractivity contribution in [2.24, 2.45) is 0 Å². The Kier molecular flexibility index (Phi) is 4.36. The Morgan fingerprint density at radius 2 is 1.97 bits per heavy atom. The van der Waals surface area contributed by atoms with Crippen LogP contribution in [-0.2, 0) is 11.3 Å². The Bertz CT molecular complexity index is 1240. The Labute approximate surface area is 180 Å². The summed E-state index contributed by atoms with van der Waals surface area (Å²) in [6.45, 7) is 1.52. The highest BCUT2D eigenvalue weighted by molar-refractivity contribution is 5.87. The van der Waals surface area contributed by atoms with Crippen LogP contribution in [0.2, 0.25) is 0 Å². The van der Waals surface area contributed by atoms with Gasteiger partial charge in [0.1, 0.15) is 5.65 Å². The van der Waals surface area contributed by atoms with E-state index in [1.165, 1.54) is 16.7 Å². The lowest BCUT2D eigenvalue weighted by molar-refractivity contribution is 0.157. The normalized spacial score (nSPS) is 20.8. The predicted molar refractivity (Wildman–Crippen MR) is 121 cm³/mol. The zero-order valence-corrected chi connectivity index (χ0v) is 17.1. The molecule has 6 rings (SSSR count). The number of aromatic amines is 1. The van der Waals surface area contributed by atoms with Crippen molar-refractivity contribution >= 4 is 22.5 Å². The minimum absolute atomic E-state index is 0.0893. The summed E-state index contributed by atoms with van der Waals surface area (Å²) in [4.78, 5) is 19.3. The fourth-order valence-corrected chi connectivity index (χ4v) is 4.71. The Morgan fingerprint density at radius 1 is 1.06 bits per heavy atom. The lowest BCUT2D eigenvalue weighted by atomic mass is 9.93. The zero-order chi connectivity index (χ0) is 20.8. The third-order valence-corrected chi connectivity index (χ3v) is 6.19. The van der Waals surface area contributed by atoms with Crippen LogP contribution < -0.4 is 16.1 Å². The molecule has 2 aromatic heterocycles. The standard InChI is InChI=1S/C24H24N6O/c25-17-6-7-18-16(14-17)8-11-26-21(18)23-28-22-19(9-12-27-22)24(29-23)30-20(10-13-31-30)15-4-2-1-3-5-15/h1-7,9,12,14,20-21,26H,8,10-11,13,25H2,(H,27,28,29). The summed E-state index contributed by atoms with van der Waals surface area (Å²) in [5.41, 5.74) is 11.3. The van der Waals surface area contributed by atoms with Crippen LogP contribution in [-0.4, -0.2) is 28.1 Å². The minimum atomic E-state index is -0.0893. The van der Waals surface area contributed by atoms with E-state index in [0.29, 0.717) is 6.61 Å². The molecule has 2 aromatic carbocycles. The molecule has 7 heteroatoms. The summed E-state index contributed by atoms with van der Waals surface area (Å²) in [6.07, 6.45) is 3.77. The first-order valence-electron chi connectivity index (χ1n) is 10.7. The van der Waals surface area contributed by atoms with Crippen LogP contribution in [0.3, 0.4) is 0 Å². The first kappa shape index (κ1) is 18.4. The Morgan fingerprint density at radius 3 is 2.87 bits per heavy atom. The maximum atomic E-state index is 6.10. The monoisotopic (exact) mass is 412 g/mol. The van der Waals surface area contributed by atoms with Gasteiger partial charge < -0.3 is 16.0 Å². The number of nitrogens with one attached hydrogen (secondary N) is 2. The molecular weight excluding hydrogens is 388 g/mol. The molecule has 2 unspecified atom stereocenters. The fourth-order valence-electron chi connectivity index (χ4n) is 4.71. The molecule has 1 saturated heterocycles. The molecule has 0 aliphatic carbocycles. The largest absolute Gasteiger partial charge is 0.399 e. The van der Waals surface area contributed by atoms with Gasteiger partial charge in [-0.3, -0.25) is 4.84 Å². The maximum Gasteiger partial charge on any atom is 0.166 e. The van der Waals surface area contributed by atoms with Gasteiger partial charge in [-0.15, -0.1) is 0 Å². The summed E-state index contributed by atoms with van der Waals surface area (Å²) < 4.78 is 0. The molecule has 156 valence electrons. The van der Waals surface area contributed by atoms with Crippen LogP contribution in [0, 0.1) is 0 Å². The van der Waals surface area contributed by atoms with Crippen molar-refractivity contribution in [3.63, 3.8) is 0 Å². The highest BCUT2D eigenvalue weighted by Crippen LogP contribution is 2.38. The van der Waals surface area contributed by atoms with Gasteiger partial charge in [0.2, 0.25) is 0 Å². The smallest absolute Gasteiger partial charge is 0.166 e. The van der Waals surface area contributed by atoms with Crippen molar-refractivity contribution in [1.82, 2.24) is 20.3 Å². The number of rotatable bonds is 3. The van der Waals surface area contributed by atoms with E-state index in [4.69, 9.17) is 20.5 Å². The maximum absolute atomic E-state index is 6.10. The van der Waals surface area contributed by atoms with Crippen LogP contribution in [0.15, 0.2) is 60.8 Å². The van der Waals surface area contributed by atoms with E-state index in [0.717, 1.165) is 47.7 Å². The second-order valence-electron chi connectivity index (χ2n) is 8.11. The fraction of sp³-hybridized carbons (Fsp3) is 0.250. The lowest BCUT2D eigenvalue weighted by Gasteiger charge is -2.28. The predicted octanol–water partition coefficient (Wildman–Crippen LogP) is 3.66. The van der Waals surface area contributed by atoms with Crippen LogP contribution in [0.1, 0.15) is 41.0 Å². The van der Waals surface area contributed by atoms with E-state index in [-0.39, 0.29) is 12.1 Å². The van der Waals surface area contributed by atoms with Gasteiger partial charge in [-0.1, -0.05) is 36.4 Å². The van der Waals surface area contributed by atoms with Crippen molar-refractivity contribution in [1.29, 1.82) is 0 Å². The number of anilines is 2. The number of benzene rings is 2. The van der Waals surface area contributed by atoms with Gasteiger partial charge in [0.15, 0.2) is 11.6 Å². The average Bonchev–Trinajstić information content (AvgIpc) is 3.48. The molecule has 0 bridgehead atoms. The number of fused-ring (bicyclic) bond motifs is 2. The van der Waals surface area contributed by atoms with E-state index >= 15 is 0 Å². The van der Waals surface area contributed by atoms with Gasteiger partial charge >= 0.3 is 0 Å². The van der Waals surface area contributed by atoms with E-state index in [2.05, 4.69) is 46.7 Å². The molecule has 4 aromatic rings. The van der Waals surface area contributed by atoms with Crippen molar-refractivity contribution in [3.05, 3.63) is 83.3 Å². The summed E-state index contributed by atoms with van der Waals surface area (Å²) in [5.74, 6) is 1.54. The van der Waals surface area contributed by atoms with Gasteiger partial charge in [-0.2, -0.15) is 0 Å². The topological polar surface area (TPSA) is 92.1 Å². The third kappa shape index (κ3) is 3.13. The van der Waals surface area contributed by atoms with Crippen LogP contribution in [0.5, 0.6) is 0 Å². The highest BCUT2D eigenvalue weighted by Gasteiger charge is 2.32. The molecule has 0 spiro atoms. The lowest BCUT2D eigenvalue weighted by Crippen LogP contribution is -2.32. The van der Waals surface area contributed by atoms with Gasteiger partial charge in [-0.05, 0) is 41.3 Å². The van der Waals surface area contributed by atoms with Crippen LogP contribution >= 0.6 is 0 Å². The van der Waals surface area contributed by atoms with Gasteiger partial charge in [0.25, 0.3) is 0 Å². The highest BCUT2D eigenvalue weighted by atomic mass is 16.7. The molecule has 1 fully saturated rings. The number of nitrogens with zero attached hydrogens (tertiary/aromatic N) is 3. The summed E-state index contributed by atoms with van der Waals surface area (Å²) in [6, 6.07) is 18.6. The first-order chi connectivity index (χ1) is 15.3. The van der Waals surface area contributed by atoms with Gasteiger partial charge in [0, 0.05) is 24.8 Å². The molecule has 2 aliphatic heterocycles. The molecule has 0 amide bonds. The Balaban J connectivity index is 1.47. The summed E-state index contributed by atoms with van der Waals surface area (Å²) in [7, 11) is 0. The average molecular weight is 412 g/mol. The molecule has 4 N–H and O–H groups in total. The van der Waals surface area contributed by atoms with Crippen molar-refractivity contribution in [2.75, 3.05) is 23.9 Å². The number of hydrogen-bond donors (Lipinski definition) is 3. The third-order valence-electron chi connectivity index (χ3n) is 6.19. The first-order valence-corrected chi connectivity index (χ1v) is 10.7. The molecule has 4 heterocycles. The number of nitrogen functional groups attached to an aromatic ring is 1. The molecule has 7 nitrogen and oxygen atoms in total. The van der Waals surface area contributed by atoms with E-state index in [9.17, 15) is 0 Å². The number of aromatic nitrogens is 3. The molecular formula is C24H24N6O. The minimum Gasteiger partial charge on any atom is -0.399 e. The molecule has 31 heavy (non-hydrogen) atoms. The van der Waals surface area contributed by atoms with Crippen LogP contribution in [0.25, 0.3) is 11.0 Å². The van der Waals surface area contributed by atoms with Gasteiger partial charge in [0.05, 0.1) is 24.1 Å². The van der Waals surface area contributed by atoms with Crippen molar-refractivity contribution in [3.8, 4) is 0 Å². The van der Waals surface area contributed by atoms with Gasteiger partial charge in [-0.25, -0.2) is 15.0 Å². The number of nitrogens with two attached hydrogens (primary N) is 1. The van der Waals surface area contributed by atoms with E-state index < -0.39 is 0 Å². The number of H-pyrrole nitrogens is 1. The van der Waals surface area contributed by atoms with E-state index in [1.54, 1.807) is 0 Å². The SMILES string of the molecule is Nc1ccc2c(c1)CCNC2c1nc(N2OCCC2c2ccccc2)c2cc[nH]c2n1. The second kappa shape index (κ2) is 7.37. The Hall–Kier alpha value is -3.42. The summed E-state index contributed by atoms with van der Waals surface area (Å²) >= 11 is 0. The number of hydroxylamine groups is 1. The second-order valence-corrected chi connectivity index (χ2v) is 8.11. The molecule has 2 aliphatic rings. The van der Waals surface area contributed by atoms with Crippen molar-refractivity contribution < 1.29 is 4.84 Å². The number of hydrogen-bond acceptors (Lipinski definition) is 6. The molecule has 0 radical (unpaired) electrons. The summed E-state index contributed by atoms with van der Waals surface area (Å²) in [5, 5.41) is 6.51. The quantitative estimate of drug-likeness (QED) is 0.445. The molecule has 2 atom stereocenters. The van der Waals surface area contributed by atoms with Crippen molar-refractivity contribution in [2.45, 2.75) is 24.9 Å². The zero-order valence-electron chi connectivity index (χ0n) is 17.1. The van der Waals surface area contributed by atoms with Crippen LogP contribution in [0.4, 0.5) is 11.5 Å². The van der Waals surface area contributed by atoms with E-state index in [1.807, 2.05) is 29.5 Å². The molecule has 0 saturated carbocycles.